The summed E-state index contributed by atoms with van der Waals surface area (Å²) in [6, 6.07) is 7.16. The number of allylic oxidation sites excluding steroid dienone is 4. The Labute approximate surface area is 332 Å². The normalized spacial score (nSPS) is 26.8. The zero-order chi connectivity index (χ0) is 40.7. The van der Waals surface area contributed by atoms with E-state index >= 15 is 0 Å². The molecule has 0 unspecified atom stereocenters. The molecule has 3 rings (SSSR count). The molecule has 0 saturated carbocycles. The van der Waals surface area contributed by atoms with Gasteiger partial charge in [-0.1, -0.05) is 66.9 Å². The van der Waals surface area contributed by atoms with Crippen LogP contribution in [0, 0.1) is 11.8 Å². The second kappa shape index (κ2) is 22.2. The first-order valence-electron chi connectivity index (χ1n) is 18.5. The number of fused-ring (bicyclic) bond motifs is 2. The largest absolute Gasteiger partial charge is 0.439 e. The first-order valence-corrected chi connectivity index (χ1v) is 19.3. The van der Waals surface area contributed by atoms with E-state index in [4.69, 9.17) is 19.9 Å². The number of aliphatic hydroxyl groups excluding tert-OH is 1. The third-order valence-electron chi connectivity index (χ3n) is 9.59. The molecule has 1 heterocycles. The lowest BCUT2D eigenvalue weighted by Crippen LogP contribution is -2.38. The molecular weight excluding hydrogens is 772 g/mol. The van der Waals surface area contributed by atoms with E-state index in [2.05, 4.69) is 31.9 Å². The van der Waals surface area contributed by atoms with E-state index in [1.165, 1.54) is 20.3 Å². The van der Waals surface area contributed by atoms with Crippen LogP contribution in [0.3, 0.4) is 0 Å². The average Bonchev–Trinajstić information content (AvgIpc) is 3.14. The lowest BCUT2D eigenvalue weighted by Gasteiger charge is -2.30. The van der Waals surface area contributed by atoms with Crippen molar-refractivity contribution in [3.63, 3.8) is 0 Å². The number of benzene rings is 1. The molecule has 300 valence electrons. The van der Waals surface area contributed by atoms with Gasteiger partial charge in [-0.2, -0.15) is 0 Å². The van der Waals surface area contributed by atoms with Crippen molar-refractivity contribution in [2.75, 3.05) is 27.3 Å². The minimum Gasteiger partial charge on any atom is -0.439 e. The van der Waals surface area contributed by atoms with Crippen LogP contribution in [0.5, 0.6) is 0 Å². The Balaban J connectivity index is 1.79. The summed E-state index contributed by atoms with van der Waals surface area (Å²) in [4.78, 5) is 64.9. The van der Waals surface area contributed by atoms with Crippen LogP contribution in [0.15, 0.2) is 87.2 Å². The number of methoxy groups -OCH3 is 2. The number of halogens is 1. The zero-order valence-corrected chi connectivity index (χ0v) is 34.1. The molecule has 1 aliphatic carbocycles. The van der Waals surface area contributed by atoms with Crippen LogP contribution in [0.1, 0.15) is 76.6 Å². The van der Waals surface area contributed by atoms with Gasteiger partial charge in [-0.3, -0.25) is 19.2 Å². The predicted molar refractivity (Wildman–Crippen MR) is 212 cm³/mol. The third-order valence-corrected chi connectivity index (χ3v) is 10.1. The summed E-state index contributed by atoms with van der Waals surface area (Å²) in [7, 11) is 2.93. The van der Waals surface area contributed by atoms with Crippen LogP contribution in [0.4, 0.5) is 4.79 Å². The molecule has 0 aromatic heterocycles. The number of hydrogen-bond acceptors (Lipinski definition) is 10. The maximum Gasteiger partial charge on any atom is 0.405 e. The third kappa shape index (κ3) is 13.7. The second-order valence-electron chi connectivity index (χ2n) is 14.0. The summed E-state index contributed by atoms with van der Waals surface area (Å²) in [6.45, 7) is 7.98. The number of hydrogen-bond donors (Lipinski definition) is 5. The van der Waals surface area contributed by atoms with Crippen molar-refractivity contribution < 1.29 is 43.3 Å². The molecule has 55 heavy (non-hydrogen) atoms. The smallest absolute Gasteiger partial charge is 0.405 e. The van der Waals surface area contributed by atoms with Crippen LogP contribution >= 0.6 is 15.9 Å². The van der Waals surface area contributed by atoms with Crippen molar-refractivity contribution in [1.82, 2.24) is 16.0 Å². The minimum atomic E-state index is -1.01. The van der Waals surface area contributed by atoms with Crippen molar-refractivity contribution in [2.24, 2.45) is 17.6 Å². The highest BCUT2D eigenvalue weighted by Gasteiger charge is 2.33. The Morgan fingerprint density at radius 2 is 1.67 bits per heavy atom. The van der Waals surface area contributed by atoms with Gasteiger partial charge in [-0.15, -0.1) is 0 Å². The Kier molecular flexibility index (Phi) is 18.2. The van der Waals surface area contributed by atoms with Crippen LogP contribution in [0.25, 0.3) is 0 Å². The van der Waals surface area contributed by atoms with Crippen molar-refractivity contribution in [1.29, 1.82) is 0 Å². The summed E-state index contributed by atoms with van der Waals surface area (Å²) in [5.41, 5.74) is 7.09. The minimum absolute atomic E-state index is 0.127. The van der Waals surface area contributed by atoms with Gasteiger partial charge in [0.05, 0.1) is 23.6 Å². The Morgan fingerprint density at radius 1 is 1.00 bits per heavy atom. The number of amides is 3. The van der Waals surface area contributed by atoms with E-state index in [-0.39, 0.29) is 40.8 Å². The van der Waals surface area contributed by atoms with E-state index in [1.807, 2.05) is 19.1 Å². The van der Waals surface area contributed by atoms with Gasteiger partial charge in [0.25, 0.3) is 11.8 Å². The van der Waals surface area contributed by atoms with Gasteiger partial charge in [-0.05, 0) is 75.3 Å². The molecule has 6 N–H and O–H groups in total. The Bertz CT molecular complexity index is 1700. The molecule has 0 spiro atoms. The SMILES string of the molecule is CO[C@H]1/C=C\C=C(/C)C(=O)NC2=CC(=O)C(NCCCCCCNC(=O)c3ccc(Br)cc3)=C(C[C@@H](C)C[C@H](OC)[C@H](O)[C@@H](C)/C=C(\C)[C@@H]1OC(N)=O)C2=O. The molecule has 14 heteroatoms. The molecule has 13 nitrogen and oxygen atoms in total. The quantitative estimate of drug-likeness (QED) is 0.107. The highest BCUT2D eigenvalue weighted by atomic mass is 79.9. The van der Waals surface area contributed by atoms with Crippen LogP contribution in [0.2, 0.25) is 0 Å². The molecule has 1 aromatic carbocycles. The molecule has 1 aliphatic heterocycles. The number of primary amides is 1. The van der Waals surface area contributed by atoms with E-state index < -0.39 is 53.9 Å². The van der Waals surface area contributed by atoms with Crippen molar-refractivity contribution in [2.45, 2.75) is 90.6 Å². The van der Waals surface area contributed by atoms with E-state index in [9.17, 15) is 29.1 Å². The fourth-order valence-electron chi connectivity index (χ4n) is 6.50. The molecule has 0 saturated heterocycles. The number of nitrogens with one attached hydrogen (secondary N) is 3. The monoisotopic (exact) mass is 826 g/mol. The first kappa shape index (κ1) is 45.0. The number of ether oxygens (including phenoxy) is 3. The molecule has 1 aromatic rings. The van der Waals surface area contributed by atoms with Gasteiger partial charge in [0, 0.05) is 60.5 Å². The lowest BCUT2D eigenvalue weighted by molar-refractivity contribution is -0.120. The Morgan fingerprint density at radius 3 is 2.31 bits per heavy atom. The van der Waals surface area contributed by atoms with Gasteiger partial charge < -0.3 is 41.0 Å². The summed E-state index contributed by atoms with van der Waals surface area (Å²) in [5.74, 6) is -2.32. The lowest BCUT2D eigenvalue weighted by atomic mass is 9.85. The number of rotatable bonds is 12. The Hall–Kier alpha value is -4.37. The van der Waals surface area contributed by atoms with Crippen LogP contribution < -0.4 is 21.7 Å². The van der Waals surface area contributed by atoms with Gasteiger partial charge >= 0.3 is 6.09 Å². The van der Waals surface area contributed by atoms with Gasteiger partial charge in [0.15, 0.2) is 6.10 Å². The van der Waals surface area contributed by atoms with E-state index in [0.717, 1.165) is 36.2 Å². The van der Waals surface area contributed by atoms with Crippen molar-refractivity contribution in [3.05, 3.63) is 92.8 Å². The topological polar surface area (TPSA) is 195 Å². The molecular formula is C41H55BrN4O9. The highest BCUT2D eigenvalue weighted by Crippen LogP contribution is 2.29. The fourth-order valence-corrected chi connectivity index (χ4v) is 6.77. The molecule has 0 fully saturated rings. The molecule has 2 bridgehead atoms. The number of carbonyl (C=O) groups is 5. The maximum atomic E-state index is 14.0. The van der Waals surface area contributed by atoms with Gasteiger partial charge in [0.1, 0.15) is 6.10 Å². The summed E-state index contributed by atoms with van der Waals surface area (Å²) in [6.07, 6.45) is 6.89. The standard InChI is InChI=1S/C41H55BrN4O9/c1-24-20-30-35(44-18-9-7-8-10-19-45-40(51)28-14-16-29(42)17-15-28)32(47)23-31(37(30)49)46-39(50)25(2)12-11-13-33(53-5)38(55-41(43)52)27(4)22-26(3)36(48)34(21-24)54-6/h11-17,22-24,26,33-34,36,38,44,48H,7-10,18-21H2,1-6H3,(H2,43,52)(H,45,51)(H,46,50)/b13-11-,25-12+,27-22+/t24-,26+,33+,34+,36-,38+/m1/s1. The molecule has 0 radical (unpaired) electrons. The second-order valence-corrected chi connectivity index (χ2v) is 15.0. The number of aliphatic hydroxyl groups is 1. The van der Waals surface area contributed by atoms with Crippen molar-refractivity contribution in [3.8, 4) is 0 Å². The van der Waals surface area contributed by atoms with Gasteiger partial charge in [0.2, 0.25) is 11.6 Å². The number of ketones is 2. The number of unbranched alkanes of at least 4 members (excludes halogenated alkanes) is 3. The predicted octanol–water partition coefficient (Wildman–Crippen LogP) is 5.10. The average molecular weight is 828 g/mol. The highest BCUT2D eigenvalue weighted by molar-refractivity contribution is 9.10. The van der Waals surface area contributed by atoms with E-state index in [0.29, 0.717) is 30.6 Å². The number of Topliss-reactive ketones (excluding diaryl/α,β-unsaturated/α-hetero) is 1. The van der Waals surface area contributed by atoms with Crippen LogP contribution in [-0.2, 0) is 28.6 Å². The maximum absolute atomic E-state index is 14.0. The van der Waals surface area contributed by atoms with Crippen molar-refractivity contribution >= 4 is 45.4 Å². The molecule has 3 amide bonds. The molecule has 2 aliphatic rings. The molecule has 6 atom stereocenters. The van der Waals surface area contributed by atoms with Crippen LogP contribution in [-0.4, -0.2) is 86.3 Å². The fraction of sp³-hybridized carbons (Fsp3) is 0.488. The summed E-state index contributed by atoms with van der Waals surface area (Å²) < 4.78 is 17.6. The summed E-state index contributed by atoms with van der Waals surface area (Å²) in [5, 5.41) is 20.1. The summed E-state index contributed by atoms with van der Waals surface area (Å²) >= 11 is 3.37. The first-order chi connectivity index (χ1) is 26.2. The van der Waals surface area contributed by atoms with E-state index in [1.54, 1.807) is 51.1 Å². The zero-order valence-electron chi connectivity index (χ0n) is 32.5. The number of nitrogens with two attached hydrogens (primary N) is 1. The number of carbonyl (C=O) groups excluding carboxylic acids is 5. The van der Waals surface area contributed by atoms with Gasteiger partial charge in [-0.25, -0.2) is 4.79 Å².